The molecule has 1 N–H and O–H groups in total. The number of nitrogens with one attached hydrogen (secondary N) is 1. The van der Waals surface area contributed by atoms with Gasteiger partial charge >= 0.3 is 0 Å². The van der Waals surface area contributed by atoms with Crippen LogP contribution in [0, 0.1) is 19.8 Å². The molecule has 1 aromatic rings. The number of carbonyl (C=O) groups is 1. The number of likely N-dealkylation sites (tertiary alicyclic amines) is 1. The van der Waals surface area contributed by atoms with Gasteiger partial charge in [0.1, 0.15) is 0 Å². The van der Waals surface area contributed by atoms with Crippen LogP contribution in [0.4, 0.5) is 0 Å². The van der Waals surface area contributed by atoms with Crippen LogP contribution in [0.1, 0.15) is 48.7 Å². The third-order valence-electron chi connectivity index (χ3n) is 4.49. The smallest absolute Gasteiger partial charge is 0.224 e. The molecule has 4 nitrogen and oxygen atoms in total. The van der Waals surface area contributed by atoms with Crippen molar-refractivity contribution in [2.75, 3.05) is 19.6 Å². The molecular formula is C17H29N3OS. The van der Waals surface area contributed by atoms with E-state index in [0.29, 0.717) is 6.04 Å². The van der Waals surface area contributed by atoms with E-state index in [4.69, 9.17) is 0 Å². The molecule has 0 saturated carbocycles. The summed E-state index contributed by atoms with van der Waals surface area (Å²) in [6.07, 6.45) is 4.09. The first-order valence-electron chi connectivity index (χ1n) is 8.42. The Morgan fingerprint density at radius 3 is 2.86 bits per heavy atom. The van der Waals surface area contributed by atoms with Gasteiger partial charge in [-0.1, -0.05) is 0 Å². The molecule has 2 rings (SSSR count). The fourth-order valence-corrected chi connectivity index (χ4v) is 3.91. The molecule has 0 radical (unpaired) electrons. The van der Waals surface area contributed by atoms with Gasteiger partial charge in [-0.15, -0.1) is 11.3 Å². The number of thiazole rings is 1. The summed E-state index contributed by atoms with van der Waals surface area (Å²) in [7, 11) is 0. The van der Waals surface area contributed by atoms with Crippen molar-refractivity contribution in [3.63, 3.8) is 0 Å². The number of amides is 1. The fraction of sp³-hybridized carbons (Fsp3) is 0.765. The number of nitrogens with zero attached hydrogens (tertiary/aromatic N) is 2. The summed E-state index contributed by atoms with van der Waals surface area (Å²) in [5.74, 6) is 0.400. The van der Waals surface area contributed by atoms with Crippen molar-refractivity contribution in [1.82, 2.24) is 15.2 Å². The minimum absolute atomic E-state index is 0.167. The van der Waals surface area contributed by atoms with Gasteiger partial charge in [-0.05, 0) is 53.5 Å². The molecule has 124 valence electrons. The number of rotatable bonds is 6. The highest BCUT2D eigenvalue weighted by atomic mass is 32.1. The Bertz CT molecular complexity index is 479. The minimum Gasteiger partial charge on any atom is -0.356 e. The van der Waals surface area contributed by atoms with E-state index in [0.717, 1.165) is 51.0 Å². The van der Waals surface area contributed by atoms with Gasteiger partial charge in [0.05, 0.1) is 16.6 Å². The van der Waals surface area contributed by atoms with Gasteiger partial charge < -0.3 is 10.2 Å². The third kappa shape index (κ3) is 4.78. The van der Waals surface area contributed by atoms with Crippen LogP contribution in [0.25, 0.3) is 0 Å². The predicted octanol–water partition coefficient (Wildman–Crippen LogP) is 2.93. The molecular weight excluding hydrogens is 294 g/mol. The highest BCUT2D eigenvalue weighted by Crippen LogP contribution is 2.19. The lowest BCUT2D eigenvalue weighted by atomic mass is 9.96. The van der Waals surface area contributed by atoms with Crippen molar-refractivity contribution >= 4 is 17.2 Å². The SMILES string of the molecule is Cc1nc(CCCNC(=O)C2CCCN(C(C)C)C2)sc1C. The van der Waals surface area contributed by atoms with Crippen LogP contribution in [0.5, 0.6) is 0 Å². The maximum atomic E-state index is 12.3. The average Bonchev–Trinajstić information content (AvgIpc) is 2.82. The molecule has 1 unspecified atom stereocenters. The Morgan fingerprint density at radius 1 is 1.45 bits per heavy atom. The molecule has 2 heterocycles. The van der Waals surface area contributed by atoms with Gasteiger partial charge in [-0.3, -0.25) is 4.79 Å². The van der Waals surface area contributed by atoms with Crippen molar-refractivity contribution in [3.8, 4) is 0 Å². The molecule has 5 heteroatoms. The van der Waals surface area contributed by atoms with Gasteiger partial charge in [-0.2, -0.15) is 0 Å². The molecule has 1 aromatic heterocycles. The predicted molar refractivity (Wildman–Crippen MR) is 92.4 cm³/mol. The Balaban J connectivity index is 1.69. The van der Waals surface area contributed by atoms with Gasteiger partial charge in [0.25, 0.3) is 0 Å². The van der Waals surface area contributed by atoms with Crippen molar-refractivity contribution < 1.29 is 4.79 Å². The second kappa shape index (κ2) is 8.06. The minimum atomic E-state index is 0.167. The number of piperidine rings is 1. The summed E-state index contributed by atoms with van der Waals surface area (Å²) in [6, 6.07) is 0.534. The van der Waals surface area contributed by atoms with E-state index >= 15 is 0 Å². The Kier molecular flexibility index (Phi) is 6.38. The standard InChI is InChI=1S/C17H29N3OS/c1-12(2)20-10-6-7-15(11-20)17(21)18-9-5-8-16-19-13(3)14(4)22-16/h12,15H,5-11H2,1-4H3,(H,18,21). The van der Waals surface area contributed by atoms with Crippen LogP contribution < -0.4 is 5.32 Å². The van der Waals surface area contributed by atoms with Gasteiger partial charge in [0.2, 0.25) is 5.91 Å². The van der Waals surface area contributed by atoms with E-state index in [2.05, 4.69) is 42.9 Å². The maximum absolute atomic E-state index is 12.3. The van der Waals surface area contributed by atoms with Crippen LogP contribution in [0.2, 0.25) is 0 Å². The summed E-state index contributed by atoms with van der Waals surface area (Å²) in [6.45, 7) is 11.4. The zero-order valence-corrected chi connectivity index (χ0v) is 15.1. The van der Waals surface area contributed by atoms with Crippen molar-refractivity contribution in [3.05, 3.63) is 15.6 Å². The van der Waals surface area contributed by atoms with E-state index in [9.17, 15) is 4.79 Å². The van der Waals surface area contributed by atoms with Gasteiger partial charge in [0, 0.05) is 30.4 Å². The molecule has 1 saturated heterocycles. The third-order valence-corrected chi connectivity index (χ3v) is 5.63. The summed E-state index contributed by atoms with van der Waals surface area (Å²) in [5.41, 5.74) is 1.14. The molecule has 1 atom stereocenters. The zero-order chi connectivity index (χ0) is 16.1. The summed E-state index contributed by atoms with van der Waals surface area (Å²) < 4.78 is 0. The van der Waals surface area contributed by atoms with Crippen molar-refractivity contribution in [1.29, 1.82) is 0 Å². The normalized spacial score (nSPS) is 19.6. The van der Waals surface area contributed by atoms with Crippen LogP contribution in [-0.2, 0) is 11.2 Å². The topological polar surface area (TPSA) is 45.2 Å². The van der Waals surface area contributed by atoms with E-state index in [1.807, 2.05) is 0 Å². The molecule has 22 heavy (non-hydrogen) atoms. The largest absolute Gasteiger partial charge is 0.356 e. The zero-order valence-electron chi connectivity index (χ0n) is 14.3. The highest BCUT2D eigenvalue weighted by Gasteiger charge is 2.26. The molecule has 1 aliphatic heterocycles. The average molecular weight is 324 g/mol. The molecule has 1 aliphatic rings. The number of hydrogen-bond acceptors (Lipinski definition) is 4. The summed E-state index contributed by atoms with van der Waals surface area (Å²) in [5, 5.41) is 4.30. The number of aromatic nitrogens is 1. The first-order chi connectivity index (χ1) is 10.5. The first-order valence-corrected chi connectivity index (χ1v) is 9.23. The van der Waals surface area contributed by atoms with Crippen LogP contribution >= 0.6 is 11.3 Å². The molecule has 0 aromatic carbocycles. The number of aryl methyl sites for hydroxylation is 3. The van der Waals surface area contributed by atoms with Crippen LogP contribution in [-0.4, -0.2) is 41.5 Å². The Hall–Kier alpha value is -0.940. The summed E-state index contributed by atoms with van der Waals surface area (Å²) in [4.78, 5) is 20.5. The van der Waals surface area contributed by atoms with E-state index in [1.165, 1.54) is 9.88 Å². The lowest BCUT2D eigenvalue weighted by Crippen LogP contribution is -2.45. The van der Waals surface area contributed by atoms with E-state index < -0.39 is 0 Å². The molecule has 0 aliphatic carbocycles. The highest BCUT2D eigenvalue weighted by molar-refractivity contribution is 7.11. The molecule has 1 fully saturated rings. The quantitative estimate of drug-likeness (QED) is 0.819. The second-order valence-electron chi connectivity index (χ2n) is 6.57. The number of carbonyl (C=O) groups excluding carboxylic acids is 1. The first kappa shape index (κ1) is 17.4. The fourth-order valence-electron chi connectivity index (χ4n) is 2.93. The van der Waals surface area contributed by atoms with E-state index in [1.54, 1.807) is 11.3 Å². The second-order valence-corrected chi connectivity index (χ2v) is 7.86. The Labute approximate surface area is 138 Å². The Morgan fingerprint density at radius 2 is 2.23 bits per heavy atom. The van der Waals surface area contributed by atoms with E-state index in [-0.39, 0.29) is 11.8 Å². The van der Waals surface area contributed by atoms with Gasteiger partial charge in [0.15, 0.2) is 0 Å². The lowest BCUT2D eigenvalue weighted by molar-refractivity contribution is -0.126. The number of hydrogen-bond donors (Lipinski definition) is 1. The molecule has 1 amide bonds. The molecule has 0 spiro atoms. The monoisotopic (exact) mass is 323 g/mol. The van der Waals surface area contributed by atoms with Crippen molar-refractivity contribution in [2.24, 2.45) is 5.92 Å². The van der Waals surface area contributed by atoms with Crippen LogP contribution in [0.3, 0.4) is 0 Å². The van der Waals surface area contributed by atoms with Crippen molar-refractivity contribution in [2.45, 2.75) is 59.4 Å². The molecule has 0 bridgehead atoms. The lowest BCUT2D eigenvalue weighted by Gasteiger charge is -2.34. The maximum Gasteiger partial charge on any atom is 0.224 e. The van der Waals surface area contributed by atoms with Gasteiger partial charge in [-0.25, -0.2) is 4.98 Å². The van der Waals surface area contributed by atoms with Crippen LogP contribution in [0.15, 0.2) is 0 Å². The summed E-state index contributed by atoms with van der Waals surface area (Å²) >= 11 is 1.77.